The fourth-order valence-electron chi connectivity index (χ4n) is 2.23. The van der Waals surface area contributed by atoms with Gasteiger partial charge in [0.2, 0.25) is 0 Å². The van der Waals surface area contributed by atoms with E-state index in [1.807, 2.05) is 30.3 Å². The lowest BCUT2D eigenvalue weighted by molar-refractivity contribution is 0.0989. The summed E-state index contributed by atoms with van der Waals surface area (Å²) in [5.74, 6) is -0.603. The molecule has 0 aliphatic heterocycles. The second-order valence-corrected chi connectivity index (χ2v) is 5.65. The van der Waals surface area contributed by atoms with Crippen molar-refractivity contribution in [1.29, 1.82) is 0 Å². The van der Waals surface area contributed by atoms with E-state index in [1.165, 1.54) is 11.0 Å². The smallest absolute Gasteiger partial charge is 0.274 e. The number of nitrogens with one attached hydrogen (secondary N) is 1. The van der Waals surface area contributed by atoms with Gasteiger partial charge >= 0.3 is 0 Å². The Morgan fingerprint density at radius 3 is 2.62 bits per heavy atom. The fraction of sp³-hybridized carbons (Fsp3) is 0.0625. The molecule has 21 heavy (non-hydrogen) atoms. The summed E-state index contributed by atoms with van der Waals surface area (Å²) in [6, 6.07) is 14.1. The summed E-state index contributed by atoms with van der Waals surface area (Å²) in [6.45, 7) is 0. The molecule has 0 bridgehead atoms. The van der Waals surface area contributed by atoms with Crippen LogP contribution in [0.15, 0.2) is 53.0 Å². The molecule has 0 fully saturated rings. The van der Waals surface area contributed by atoms with Crippen LogP contribution < -0.4 is 4.90 Å². The SMILES string of the molecule is CN(C(=O)c1cc2cc(Br)cc(F)c2[nH]1)c1ccccc1. The summed E-state index contributed by atoms with van der Waals surface area (Å²) >= 11 is 3.25. The number of aromatic nitrogens is 1. The summed E-state index contributed by atoms with van der Waals surface area (Å²) in [4.78, 5) is 16.9. The molecule has 106 valence electrons. The zero-order valence-electron chi connectivity index (χ0n) is 11.2. The van der Waals surface area contributed by atoms with Gasteiger partial charge in [-0.25, -0.2) is 4.39 Å². The number of nitrogens with zero attached hydrogens (tertiary/aromatic N) is 1. The molecular weight excluding hydrogens is 335 g/mol. The first-order valence-corrected chi connectivity index (χ1v) is 7.16. The topological polar surface area (TPSA) is 36.1 Å². The average molecular weight is 347 g/mol. The largest absolute Gasteiger partial charge is 0.348 e. The molecule has 1 N–H and O–H groups in total. The maximum atomic E-state index is 13.9. The molecule has 5 heteroatoms. The third kappa shape index (κ3) is 2.56. The number of anilines is 1. The van der Waals surface area contributed by atoms with Crippen molar-refractivity contribution in [2.45, 2.75) is 0 Å². The minimum atomic E-state index is -0.388. The second kappa shape index (κ2) is 5.33. The number of carbonyl (C=O) groups excluding carboxylic acids is 1. The van der Waals surface area contributed by atoms with Crippen molar-refractivity contribution in [3.63, 3.8) is 0 Å². The summed E-state index contributed by atoms with van der Waals surface area (Å²) in [5.41, 5.74) is 1.47. The van der Waals surface area contributed by atoms with Gasteiger partial charge in [-0.15, -0.1) is 0 Å². The molecule has 0 atom stereocenters. The number of H-pyrrole nitrogens is 1. The van der Waals surface area contributed by atoms with E-state index in [1.54, 1.807) is 19.2 Å². The third-order valence-corrected chi connectivity index (χ3v) is 3.78. The molecule has 0 radical (unpaired) electrons. The molecule has 0 saturated carbocycles. The average Bonchev–Trinajstić information content (AvgIpc) is 2.91. The van der Waals surface area contributed by atoms with E-state index in [4.69, 9.17) is 0 Å². The molecule has 1 amide bonds. The number of carbonyl (C=O) groups is 1. The van der Waals surface area contributed by atoms with Gasteiger partial charge in [-0.1, -0.05) is 34.1 Å². The molecule has 3 nitrogen and oxygen atoms in total. The van der Waals surface area contributed by atoms with Gasteiger partial charge in [0.25, 0.3) is 5.91 Å². The molecule has 0 unspecified atom stereocenters. The van der Waals surface area contributed by atoms with E-state index in [2.05, 4.69) is 20.9 Å². The molecule has 1 aromatic heterocycles. The zero-order valence-corrected chi connectivity index (χ0v) is 12.8. The van der Waals surface area contributed by atoms with Crippen molar-refractivity contribution in [2.75, 3.05) is 11.9 Å². The van der Waals surface area contributed by atoms with Crippen LogP contribution in [0.25, 0.3) is 10.9 Å². The van der Waals surface area contributed by atoms with Gasteiger partial charge in [0.1, 0.15) is 11.5 Å². The monoisotopic (exact) mass is 346 g/mol. The number of para-hydroxylation sites is 1. The van der Waals surface area contributed by atoms with E-state index in [0.29, 0.717) is 21.1 Å². The van der Waals surface area contributed by atoms with Crippen LogP contribution >= 0.6 is 15.9 Å². The van der Waals surface area contributed by atoms with Crippen LogP contribution in [-0.2, 0) is 0 Å². The van der Waals surface area contributed by atoms with Crippen LogP contribution in [0.1, 0.15) is 10.5 Å². The maximum absolute atomic E-state index is 13.9. The van der Waals surface area contributed by atoms with Gasteiger partial charge in [-0.05, 0) is 30.3 Å². The Kier molecular flexibility index (Phi) is 3.51. The van der Waals surface area contributed by atoms with E-state index < -0.39 is 0 Å². The molecule has 3 aromatic rings. The predicted molar refractivity (Wildman–Crippen MR) is 85.1 cm³/mol. The van der Waals surface area contributed by atoms with Crippen LogP contribution in [-0.4, -0.2) is 17.9 Å². The first kappa shape index (κ1) is 13.8. The predicted octanol–water partition coefficient (Wildman–Crippen LogP) is 4.35. The number of benzene rings is 2. The van der Waals surface area contributed by atoms with E-state index in [-0.39, 0.29) is 11.7 Å². The lowest BCUT2D eigenvalue weighted by Crippen LogP contribution is -2.26. The van der Waals surface area contributed by atoms with Crippen LogP contribution in [0.2, 0.25) is 0 Å². The fourth-order valence-corrected chi connectivity index (χ4v) is 2.68. The number of hydrogen-bond acceptors (Lipinski definition) is 1. The Labute approximate surface area is 129 Å². The number of fused-ring (bicyclic) bond motifs is 1. The standard InChI is InChI=1S/C16H12BrFN2O/c1-20(12-5-3-2-4-6-12)16(21)14-8-10-7-11(17)9-13(18)15(10)19-14/h2-9,19H,1H3. The molecule has 0 aliphatic rings. The lowest BCUT2D eigenvalue weighted by Gasteiger charge is -2.16. The quantitative estimate of drug-likeness (QED) is 0.735. The molecule has 1 heterocycles. The molecule has 2 aromatic carbocycles. The van der Waals surface area contributed by atoms with Gasteiger partial charge in [-0.2, -0.15) is 0 Å². The van der Waals surface area contributed by atoms with Crippen LogP contribution in [0.5, 0.6) is 0 Å². The normalized spacial score (nSPS) is 10.8. The van der Waals surface area contributed by atoms with Gasteiger partial charge in [-0.3, -0.25) is 4.79 Å². The second-order valence-electron chi connectivity index (χ2n) is 4.73. The Bertz CT molecular complexity index is 814. The van der Waals surface area contributed by atoms with Crippen molar-refractivity contribution in [2.24, 2.45) is 0 Å². The third-order valence-electron chi connectivity index (χ3n) is 3.32. The van der Waals surface area contributed by atoms with Crippen LogP contribution in [0.3, 0.4) is 0 Å². The maximum Gasteiger partial charge on any atom is 0.274 e. The minimum Gasteiger partial charge on any atom is -0.348 e. The molecule has 0 spiro atoms. The summed E-state index contributed by atoms with van der Waals surface area (Å²) < 4.78 is 14.5. The molecular formula is C16H12BrFN2O. The first-order chi connectivity index (χ1) is 10.1. The lowest BCUT2D eigenvalue weighted by atomic mass is 10.2. The van der Waals surface area contributed by atoms with Gasteiger partial charge in [0.05, 0.1) is 5.52 Å². The van der Waals surface area contributed by atoms with E-state index >= 15 is 0 Å². The number of amides is 1. The number of halogens is 2. The van der Waals surface area contributed by atoms with E-state index in [9.17, 15) is 9.18 Å². The van der Waals surface area contributed by atoms with Gasteiger partial charge in [0, 0.05) is 22.6 Å². The Balaban J connectivity index is 2.00. The number of rotatable bonds is 2. The van der Waals surface area contributed by atoms with Crippen molar-refractivity contribution in [3.8, 4) is 0 Å². The number of hydrogen-bond donors (Lipinski definition) is 1. The van der Waals surface area contributed by atoms with Crippen LogP contribution in [0, 0.1) is 5.82 Å². The Morgan fingerprint density at radius 2 is 1.90 bits per heavy atom. The highest BCUT2D eigenvalue weighted by Gasteiger charge is 2.17. The van der Waals surface area contributed by atoms with Crippen molar-refractivity contribution < 1.29 is 9.18 Å². The Morgan fingerprint density at radius 1 is 1.19 bits per heavy atom. The van der Waals surface area contributed by atoms with Gasteiger partial charge in [0.15, 0.2) is 0 Å². The summed E-state index contributed by atoms with van der Waals surface area (Å²) in [7, 11) is 1.69. The highest BCUT2D eigenvalue weighted by molar-refractivity contribution is 9.10. The zero-order chi connectivity index (χ0) is 15.0. The van der Waals surface area contributed by atoms with Crippen LogP contribution in [0.4, 0.5) is 10.1 Å². The van der Waals surface area contributed by atoms with Gasteiger partial charge < -0.3 is 9.88 Å². The highest BCUT2D eigenvalue weighted by Crippen LogP contribution is 2.25. The Hall–Kier alpha value is -2.14. The van der Waals surface area contributed by atoms with Crippen molar-refractivity contribution in [1.82, 2.24) is 4.98 Å². The molecule has 0 saturated heterocycles. The number of aromatic amines is 1. The summed E-state index contributed by atoms with van der Waals surface area (Å²) in [5, 5.41) is 0.659. The highest BCUT2D eigenvalue weighted by atomic mass is 79.9. The summed E-state index contributed by atoms with van der Waals surface area (Å²) in [6.07, 6.45) is 0. The van der Waals surface area contributed by atoms with Crippen molar-refractivity contribution in [3.05, 3.63) is 64.5 Å². The first-order valence-electron chi connectivity index (χ1n) is 6.37. The molecule has 3 rings (SSSR count). The van der Waals surface area contributed by atoms with Crippen molar-refractivity contribution >= 4 is 38.4 Å². The van der Waals surface area contributed by atoms with E-state index in [0.717, 1.165) is 5.69 Å². The molecule has 0 aliphatic carbocycles. The minimum absolute atomic E-state index is 0.215.